The summed E-state index contributed by atoms with van der Waals surface area (Å²) in [5.41, 5.74) is 6.66. The third kappa shape index (κ3) is 1.94. The largest absolute Gasteiger partial charge is 0.330 e. The van der Waals surface area contributed by atoms with E-state index in [1.54, 1.807) is 6.07 Å². The molecular formula is C12H14Cl2FN. The van der Waals surface area contributed by atoms with Crippen LogP contribution in [0.25, 0.3) is 0 Å². The normalized spacial score (nSPS) is 19.0. The van der Waals surface area contributed by atoms with Gasteiger partial charge in [0, 0.05) is 17.0 Å². The monoisotopic (exact) mass is 261 g/mol. The second-order valence-electron chi connectivity index (χ2n) is 4.44. The number of rotatable bonds is 2. The summed E-state index contributed by atoms with van der Waals surface area (Å²) in [7, 11) is 0. The number of hydrogen-bond acceptors (Lipinski definition) is 1. The lowest BCUT2D eigenvalue weighted by molar-refractivity contribution is 0.452. The summed E-state index contributed by atoms with van der Waals surface area (Å²) in [6.07, 6.45) is 4.29. The van der Waals surface area contributed by atoms with Gasteiger partial charge >= 0.3 is 0 Å². The first kappa shape index (κ1) is 12.2. The summed E-state index contributed by atoms with van der Waals surface area (Å²) in [4.78, 5) is 0. The molecule has 88 valence electrons. The van der Waals surface area contributed by atoms with Gasteiger partial charge in [-0.2, -0.15) is 0 Å². The van der Waals surface area contributed by atoms with Gasteiger partial charge in [0.05, 0.1) is 5.02 Å². The smallest absolute Gasteiger partial charge is 0.143 e. The van der Waals surface area contributed by atoms with Gasteiger partial charge in [0.15, 0.2) is 0 Å². The Bertz CT molecular complexity index is 400. The van der Waals surface area contributed by atoms with E-state index < -0.39 is 5.82 Å². The van der Waals surface area contributed by atoms with Crippen molar-refractivity contribution in [3.63, 3.8) is 0 Å². The van der Waals surface area contributed by atoms with Crippen molar-refractivity contribution in [1.82, 2.24) is 0 Å². The fourth-order valence-corrected chi connectivity index (χ4v) is 3.08. The zero-order chi connectivity index (χ0) is 11.8. The van der Waals surface area contributed by atoms with E-state index in [0.717, 1.165) is 31.2 Å². The molecule has 4 heteroatoms. The van der Waals surface area contributed by atoms with E-state index >= 15 is 0 Å². The molecule has 2 N–H and O–H groups in total. The van der Waals surface area contributed by atoms with E-state index in [2.05, 4.69) is 0 Å². The fraction of sp³-hybridized carbons (Fsp3) is 0.500. The molecule has 0 radical (unpaired) electrons. The molecule has 0 spiro atoms. The predicted molar refractivity (Wildman–Crippen MR) is 65.6 cm³/mol. The molecule has 0 atom stereocenters. The average molecular weight is 262 g/mol. The van der Waals surface area contributed by atoms with Crippen molar-refractivity contribution in [2.75, 3.05) is 6.54 Å². The molecule has 0 bridgehead atoms. The minimum atomic E-state index is -0.472. The van der Waals surface area contributed by atoms with Crippen molar-refractivity contribution in [3.05, 3.63) is 33.6 Å². The molecule has 0 aromatic heterocycles. The Morgan fingerprint density at radius 2 is 1.81 bits per heavy atom. The number of nitrogens with two attached hydrogens (primary N) is 1. The summed E-state index contributed by atoms with van der Waals surface area (Å²) >= 11 is 11.9. The van der Waals surface area contributed by atoms with E-state index in [4.69, 9.17) is 28.9 Å². The maximum atomic E-state index is 13.2. The Morgan fingerprint density at radius 3 is 2.38 bits per heavy atom. The third-order valence-electron chi connectivity index (χ3n) is 3.53. The molecule has 0 saturated heterocycles. The van der Waals surface area contributed by atoms with Gasteiger partial charge in [0.1, 0.15) is 5.82 Å². The highest BCUT2D eigenvalue weighted by Crippen LogP contribution is 2.44. The van der Waals surface area contributed by atoms with Crippen LogP contribution in [0.2, 0.25) is 10.0 Å². The van der Waals surface area contributed by atoms with Crippen LogP contribution in [0.5, 0.6) is 0 Å². The Morgan fingerprint density at radius 1 is 1.19 bits per heavy atom. The van der Waals surface area contributed by atoms with Crippen molar-refractivity contribution < 1.29 is 4.39 Å². The minimum absolute atomic E-state index is 0.103. The topological polar surface area (TPSA) is 26.0 Å². The van der Waals surface area contributed by atoms with Gasteiger partial charge in [-0.3, -0.25) is 0 Å². The summed E-state index contributed by atoms with van der Waals surface area (Å²) in [6.45, 7) is 0.536. The van der Waals surface area contributed by atoms with Crippen LogP contribution in [0.3, 0.4) is 0 Å². The van der Waals surface area contributed by atoms with Crippen molar-refractivity contribution in [3.8, 4) is 0 Å². The molecule has 0 heterocycles. The minimum Gasteiger partial charge on any atom is -0.330 e. The van der Waals surface area contributed by atoms with E-state index in [0.29, 0.717) is 11.6 Å². The van der Waals surface area contributed by atoms with E-state index in [-0.39, 0.29) is 10.4 Å². The molecule has 0 amide bonds. The van der Waals surface area contributed by atoms with Gasteiger partial charge in [0.25, 0.3) is 0 Å². The lowest BCUT2D eigenvalue weighted by Crippen LogP contribution is -2.32. The lowest BCUT2D eigenvalue weighted by Gasteiger charge is -2.29. The molecule has 0 unspecified atom stereocenters. The second kappa shape index (κ2) is 4.52. The van der Waals surface area contributed by atoms with E-state index in [9.17, 15) is 4.39 Å². The lowest BCUT2D eigenvalue weighted by atomic mass is 9.79. The molecule has 16 heavy (non-hydrogen) atoms. The van der Waals surface area contributed by atoms with Gasteiger partial charge in [-0.15, -0.1) is 0 Å². The van der Waals surface area contributed by atoms with Crippen molar-refractivity contribution >= 4 is 23.2 Å². The quantitative estimate of drug-likeness (QED) is 0.803. The third-order valence-corrected chi connectivity index (χ3v) is 4.14. The molecule has 1 aromatic carbocycles. The van der Waals surface area contributed by atoms with Gasteiger partial charge in [-0.1, -0.05) is 36.0 Å². The Balaban J connectivity index is 2.50. The van der Waals surface area contributed by atoms with Gasteiger partial charge in [-0.05, 0) is 30.5 Å². The van der Waals surface area contributed by atoms with Crippen LogP contribution >= 0.6 is 23.2 Å². The highest BCUT2D eigenvalue weighted by atomic mass is 35.5. The maximum absolute atomic E-state index is 13.2. The molecule has 1 aromatic rings. The Kier molecular flexibility index (Phi) is 3.43. The van der Waals surface area contributed by atoms with E-state index in [1.165, 1.54) is 6.07 Å². The fourth-order valence-electron chi connectivity index (χ4n) is 2.56. The Hall–Kier alpha value is -0.310. The molecule has 1 nitrogen and oxygen atoms in total. The molecule has 0 aliphatic heterocycles. The van der Waals surface area contributed by atoms with Crippen molar-refractivity contribution in [2.45, 2.75) is 31.1 Å². The molecule has 1 fully saturated rings. The molecule has 2 rings (SSSR count). The second-order valence-corrected chi connectivity index (χ2v) is 5.25. The summed E-state index contributed by atoms with van der Waals surface area (Å²) in [5.74, 6) is -0.472. The van der Waals surface area contributed by atoms with Crippen LogP contribution in [0.4, 0.5) is 4.39 Å². The summed E-state index contributed by atoms with van der Waals surface area (Å²) in [5, 5.41) is 0.563. The molecule has 1 aliphatic rings. The first-order valence-corrected chi connectivity index (χ1v) is 6.20. The average Bonchev–Trinajstić information content (AvgIpc) is 2.73. The van der Waals surface area contributed by atoms with E-state index in [1.807, 2.05) is 0 Å². The van der Waals surface area contributed by atoms with Crippen molar-refractivity contribution in [2.24, 2.45) is 5.73 Å². The van der Waals surface area contributed by atoms with Crippen LogP contribution in [-0.4, -0.2) is 6.54 Å². The van der Waals surface area contributed by atoms with Crippen molar-refractivity contribution in [1.29, 1.82) is 0 Å². The van der Waals surface area contributed by atoms with Crippen LogP contribution in [0.1, 0.15) is 31.2 Å². The predicted octanol–water partition coefficient (Wildman–Crippen LogP) is 3.90. The van der Waals surface area contributed by atoms with Crippen LogP contribution < -0.4 is 5.73 Å². The summed E-state index contributed by atoms with van der Waals surface area (Å²) in [6, 6.07) is 2.92. The zero-order valence-corrected chi connectivity index (χ0v) is 10.4. The standard InChI is InChI=1S/C12H14Cl2FN/c13-9-6-11(15)10(14)5-8(9)12(7-16)3-1-2-4-12/h5-6H,1-4,7,16H2. The van der Waals surface area contributed by atoms with Crippen LogP contribution in [-0.2, 0) is 5.41 Å². The first-order valence-electron chi connectivity index (χ1n) is 5.44. The van der Waals surface area contributed by atoms with Crippen LogP contribution in [0, 0.1) is 5.82 Å². The van der Waals surface area contributed by atoms with Gasteiger partial charge < -0.3 is 5.73 Å². The Labute approximate surface area is 105 Å². The first-order chi connectivity index (χ1) is 7.59. The highest BCUT2D eigenvalue weighted by molar-refractivity contribution is 6.33. The molecule has 1 saturated carbocycles. The highest BCUT2D eigenvalue weighted by Gasteiger charge is 2.36. The molecule has 1 aliphatic carbocycles. The number of hydrogen-bond donors (Lipinski definition) is 1. The SMILES string of the molecule is NCC1(c2cc(Cl)c(F)cc2Cl)CCCC1. The van der Waals surface area contributed by atoms with Gasteiger partial charge in [-0.25, -0.2) is 4.39 Å². The summed E-state index contributed by atoms with van der Waals surface area (Å²) < 4.78 is 13.2. The molecular weight excluding hydrogens is 248 g/mol. The van der Waals surface area contributed by atoms with Gasteiger partial charge in [0.2, 0.25) is 0 Å². The zero-order valence-electron chi connectivity index (χ0n) is 8.90. The number of halogens is 3. The maximum Gasteiger partial charge on any atom is 0.143 e. The van der Waals surface area contributed by atoms with Crippen LogP contribution in [0.15, 0.2) is 12.1 Å². The number of benzene rings is 1.